The zero-order chi connectivity index (χ0) is 21.0. The molecule has 0 radical (unpaired) electrons. The first-order chi connectivity index (χ1) is 12.9. The largest absolute Gasteiger partial charge is 0.391 e. The lowest BCUT2D eigenvalue weighted by molar-refractivity contribution is -0.135. The number of hydrogen-bond acceptors (Lipinski definition) is 4. The van der Waals surface area contributed by atoms with Crippen molar-refractivity contribution in [3.8, 4) is 0 Å². The summed E-state index contributed by atoms with van der Waals surface area (Å²) in [6.45, 7) is 10.4. The molecule has 0 saturated carbocycles. The molecule has 2 amide bonds. The number of aryl methyl sites for hydroxylation is 2. The molecule has 3 rings (SSSR count). The number of carbonyl (C=O) groups excluding carboxylic acids is 2. The number of aliphatic hydroxyl groups excluding tert-OH is 2. The van der Waals surface area contributed by atoms with Gasteiger partial charge in [0.2, 0.25) is 5.91 Å². The second kappa shape index (κ2) is 6.88. The summed E-state index contributed by atoms with van der Waals surface area (Å²) in [5.74, 6) is -0.222. The summed E-state index contributed by atoms with van der Waals surface area (Å²) in [6, 6.07) is 0. The number of aliphatic hydroxyl groups is 2. The summed E-state index contributed by atoms with van der Waals surface area (Å²) in [7, 11) is 1.85. The van der Waals surface area contributed by atoms with Crippen LogP contribution in [0.3, 0.4) is 0 Å². The Morgan fingerprint density at radius 1 is 1.04 bits per heavy atom. The van der Waals surface area contributed by atoms with Gasteiger partial charge in [0.1, 0.15) is 0 Å². The third kappa shape index (κ3) is 3.14. The second-order valence-electron chi connectivity index (χ2n) is 9.34. The normalized spacial score (nSPS) is 26.1. The Labute approximate surface area is 166 Å². The maximum atomic E-state index is 13.4. The zero-order valence-electron chi connectivity index (χ0n) is 17.8. The van der Waals surface area contributed by atoms with E-state index in [0.29, 0.717) is 37.2 Å². The third-order valence-corrected chi connectivity index (χ3v) is 6.85. The van der Waals surface area contributed by atoms with E-state index < -0.39 is 23.3 Å². The van der Waals surface area contributed by atoms with Crippen molar-refractivity contribution in [2.24, 2.45) is 7.05 Å². The van der Waals surface area contributed by atoms with Crippen LogP contribution < -0.4 is 0 Å². The molecular formula is C21H33N3O4. The van der Waals surface area contributed by atoms with Crippen molar-refractivity contribution in [3.05, 3.63) is 23.0 Å². The highest BCUT2D eigenvalue weighted by molar-refractivity contribution is 5.99. The topological polar surface area (TPSA) is 86.0 Å². The van der Waals surface area contributed by atoms with E-state index in [1.165, 1.54) is 0 Å². The van der Waals surface area contributed by atoms with Gasteiger partial charge in [-0.15, -0.1) is 0 Å². The van der Waals surface area contributed by atoms with Gasteiger partial charge in [-0.1, -0.05) is 0 Å². The van der Waals surface area contributed by atoms with Crippen LogP contribution in [0.25, 0.3) is 0 Å². The predicted octanol–water partition coefficient (Wildman–Crippen LogP) is 1.23. The minimum atomic E-state index is -0.637. The van der Waals surface area contributed by atoms with E-state index in [2.05, 4.69) is 0 Å². The lowest BCUT2D eigenvalue weighted by Crippen LogP contribution is -2.49. The van der Waals surface area contributed by atoms with Gasteiger partial charge in [-0.25, -0.2) is 0 Å². The van der Waals surface area contributed by atoms with Crippen molar-refractivity contribution in [2.75, 3.05) is 13.1 Å². The predicted molar refractivity (Wildman–Crippen MR) is 106 cm³/mol. The molecule has 1 aromatic heterocycles. The molecule has 2 N–H and O–H groups in total. The Bertz CT molecular complexity index is 796. The number of aromatic nitrogens is 1. The van der Waals surface area contributed by atoms with Crippen molar-refractivity contribution in [3.63, 3.8) is 0 Å². The van der Waals surface area contributed by atoms with Gasteiger partial charge in [0, 0.05) is 32.0 Å². The molecule has 2 saturated heterocycles. The SMILES string of the molecule is Cc1cn(C)c(CC(=O)N2CCC(O)C2(C)C)c1C(=O)N1CCC(O)C1(C)C. The summed E-state index contributed by atoms with van der Waals surface area (Å²) < 4.78 is 1.85. The highest BCUT2D eigenvalue weighted by Gasteiger charge is 2.45. The van der Waals surface area contributed by atoms with Gasteiger partial charge in [-0.05, 0) is 53.0 Å². The molecule has 0 bridgehead atoms. The molecule has 28 heavy (non-hydrogen) atoms. The standard InChI is InChI=1S/C21H33N3O4/c1-13-12-22(6)14(11-17(27)23-9-7-15(25)20(23,2)3)18(13)19(28)24-10-8-16(26)21(24,4)5/h12,15-16,25-26H,7-11H2,1-6H3. The zero-order valence-corrected chi connectivity index (χ0v) is 17.8. The molecule has 2 aliphatic heterocycles. The molecule has 2 unspecified atom stereocenters. The van der Waals surface area contributed by atoms with Crippen molar-refractivity contribution in [2.45, 2.75) is 77.2 Å². The summed E-state index contributed by atoms with van der Waals surface area (Å²) >= 11 is 0. The highest BCUT2D eigenvalue weighted by atomic mass is 16.3. The Kier molecular flexibility index (Phi) is 5.13. The second-order valence-corrected chi connectivity index (χ2v) is 9.34. The molecule has 7 nitrogen and oxygen atoms in total. The number of likely N-dealkylation sites (tertiary alicyclic amines) is 2. The number of amides is 2. The first-order valence-corrected chi connectivity index (χ1v) is 10.0. The van der Waals surface area contributed by atoms with Gasteiger partial charge in [0.15, 0.2) is 0 Å². The summed E-state index contributed by atoms with van der Waals surface area (Å²) in [5, 5.41) is 20.4. The Balaban J connectivity index is 1.90. The van der Waals surface area contributed by atoms with Gasteiger partial charge >= 0.3 is 0 Å². The fourth-order valence-electron chi connectivity index (χ4n) is 4.67. The average molecular weight is 392 g/mol. The van der Waals surface area contributed by atoms with E-state index >= 15 is 0 Å². The van der Waals surface area contributed by atoms with Gasteiger partial charge in [0.25, 0.3) is 5.91 Å². The van der Waals surface area contributed by atoms with Gasteiger partial charge in [0.05, 0.1) is 35.3 Å². The maximum absolute atomic E-state index is 13.4. The van der Waals surface area contributed by atoms with Crippen LogP contribution in [0.15, 0.2) is 6.20 Å². The van der Waals surface area contributed by atoms with Crippen LogP contribution >= 0.6 is 0 Å². The van der Waals surface area contributed by atoms with Crippen molar-refractivity contribution in [1.82, 2.24) is 14.4 Å². The van der Waals surface area contributed by atoms with Crippen LogP contribution in [0.1, 0.15) is 62.2 Å². The Morgan fingerprint density at radius 3 is 2.00 bits per heavy atom. The summed E-state index contributed by atoms with van der Waals surface area (Å²) in [4.78, 5) is 29.9. The molecule has 156 valence electrons. The van der Waals surface area contributed by atoms with E-state index in [1.807, 2.05) is 52.4 Å². The third-order valence-electron chi connectivity index (χ3n) is 6.85. The van der Waals surface area contributed by atoms with Crippen LogP contribution in [-0.4, -0.2) is 72.8 Å². The van der Waals surface area contributed by atoms with E-state index in [9.17, 15) is 19.8 Å². The lowest BCUT2D eigenvalue weighted by atomic mass is 9.97. The lowest BCUT2D eigenvalue weighted by Gasteiger charge is -2.35. The number of nitrogens with zero attached hydrogens (tertiary/aromatic N) is 3. The minimum absolute atomic E-state index is 0.0856. The molecule has 2 atom stereocenters. The molecule has 3 heterocycles. The fraction of sp³-hybridized carbons (Fsp3) is 0.714. The monoisotopic (exact) mass is 391 g/mol. The first kappa shape index (κ1) is 20.9. The molecule has 7 heteroatoms. The fourth-order valence-corrected chi connectivity index (χ4v) is 4.67. The van der Waals surface area contributed by atoms with Crippen LogP contribution in [0, 0.1) is 6.92 Å². The first-order valence-electron chi connectivity index (χ1n) is 10.0. The summed E-state index contributed by atoms with van der Waals surface area (Å²) in [6.07, 6.45) is 2.00. The van der Waals surface area contributed by atoms with Gasteiger partial charge in [-0.3, -0.25) is 9.59 Å². The van der Waals surface area contributed by atoms with Crippen LogP contribution in [0.4, 0.5) is 0 Å². The van der Waals surface area contributed by atoms with Gasteiger partial charge in [-0.2, -0.15) is 0 Å². The van der Waals surface area contributed by atoms with E-state index in [0.717, 1.165) is 5.56 Å². The van der Waals surface area contributed by atoms with E-state index in [-0.39, 0.29) is 18.2 Å². The number of rotatable bonds is 3. The van der Waals surface area contributed by atoms with Gasteiger partial charge < -0.3 is 24.6 Å². The molecule has 2 aliphatic rings. The Morgan fingerprint density at radius 2 is 1.54 bits per heavy atom. The molecule has 2 fully saturated rings. The summed E-state index contributed by atoms with van der Waals surface area (Å²) in [5.41, 5.74) is 0.815. The molecule has 0 aliphatic carbocycles. The average Bonchev–Trinajstić information content (AvgIpc) is 3.12. The molecule has 0 aromatic carbocycles. The van der Waals surface area contributed by atoms with Crippen molar-refractivity contribution >= 4 is 11.8 Å². The number of carbonyl (C=O) groups is 2. The smallest absolute Gasteiger partial charge is 0.256 e. The Hall–Kier alpha value is -1.86. The van der Waals surface area contributed by atoms with E-state index in [1.54, 1.807) is 9.80 Å². The molecule has 0 spiro atoms. The minimum Gasteiger partial charge on any atom is -0.391 e. The van der Waals surface area contributed by atoms with Crippen LogP contribution in [-0.2, 0) is 18.3 Å². The van der Waals surface area contributed by atoms with Crippen LogP contribution in [0.5, 0.6) is 0 Å². The molecule has 1 aromatic rings. The number of hydrogen-bond donors (Lipinski definition) is 2. The van der Waals surface area contributed by atoms with Crippen LogP contribution in [0.2, 0.25) is 0 Å². The highest BCUT2D eigenvalue weighted by Crippen LogP contribution is 2.33. The molecular weight excluding hydrogens is 358 g/mol. The van der Waals surface area contributed by atoms with E-state index in [4.69, 9.17) is 0 Å². The quantitative estimate of drug-likeness (QED) is 0.812. The van der Waals surface area contributed by atoms with Crippen molar-refractivity contribution in [1.29, 1.82) is 0 Å². The maximum Gasteiger partial charge on any atom is 0.256 e. The van der Waals surface area contributed by atoms with Crippen molar-refractivity contribution < 1.29 is 19.8 Å².